The van der Waals surface area contributed by atoms with Gasteiger partial charge in [-0.2, -0.15) is 5.10 Å². The molecule has 1 aliphatic heterocycles. The van der Waals surface area contributed by atoms with Gasteiger partial charge in [0.2, 0.25) is 5.91 Å². The molecule has 2 heterocycles. The Morgan fingerprint density at radius 3 is 2.37 bits per heavy atom. The van der Waals surface area contributed by atoms with Gasteiger partial charge in [0.15, 0.2) is 0 Å². The van der Waals surface area contributed by atoms with Crippen LogP contribution in [0.1, 0.15) is 42.1 Å². The van der Waals surface area contributed by atoms with E-state index in [0.29, 0.717) is 32.8 Å². The van der Waals surface area contributed by atoms with Crippen molar-refractivity contribution in [2.24, 2.45) is 5.10 Å². The number of aryl methyl sites for hydroxylation is 1. The molecular formula is C29H22Cl3N3O3. The Morgan fingerprint density at radius 1 is 0.947 bits per heavy atom. The van der Waals surface area contributed by atoms with Crippen LogP contribution in [0.3, 0.4) is 0 Å². The summed E-state index contributed by atoms with van der Waals surface area (Å²) in [5.74, 6) is -1.46. The Hall–Kier alpha value is -3.45. The number of benzene rings is 3. The minimum atomic E-state index is -1.05. The summed E-state index contributed by atoms with van der Waals surface area (Å²) in [6.45, 7) is 1.92. The van der Waals surface area contributed by atoms with Gasteiger partial charge in [0, 0.05) is 50.1 Å². The Balaban J connectivity index is 1.69. The zero-order valence-electron chi connectivity index (χ0n) is 20.3. The number of hydrazone groups is 1. The highest BCUT2D eigenvalue weighted by atomic mass is 35.5. The number of nitrogens with zero attached hydrogens (tertiary/aromatic N) is 3. The maximum atomic E-state index is 13.2. The van der Waals surface area contributed by atoms with Gasteiger partial charge in [-0.15, -0.1) is 0 Å². The number of rotatable bonds is 6. The highest BCUT2D eigenvalue weighted by Crippen LogP contribution is 2.41. The number of aromatic nitrogens is 1. The molecule has 3 aromatic carbocycles. The first-order valence-electron chi connectivity index (χ1n) is 11.9. The average molecular weight is 567 g/mol. The maximum Gasteiger partial charge on any atom is 0.303 e. The first kappa shape index (κ1) is 26.2. The molecular weight excluding hydrogens is 545 g/mol. The van der Waals surface area contributed by atoms with Crippen molar-refractivity contribution in [3.63, 3.8) is 0 Å². The molecule has 6 nitrogen and oxygen atoms in total. The summed E-state index contributed by atoms with van der Waals surface area (Å²) in [5.41, 5.74) is 5.62. The summed E-state index contributed by atoms with van der Waals surface area (Å²) < 4.78 is 0. The van der Waals surface area contributed by atoms with Gasteiger partial charge in [-0.05, 0) is 48.4 Å². The zero-order valence-corrected chi connectivity index (χ0v) is 22.6. The normalized spacial score (nSPS) is 15.1. The summed E-state index contributed by atoms with van der Waals surface area (Å²) in [4.78, 5) is 29.3. The minimum absolute atomic E-state index is 0.188. The third kappa shape index (κ3) is 5.12. The van der Waals surface area contributed by atoms with E-state index in [1.165, 1.54) is 5.01 Å². The molecule has 0 aliphatic carbocycles. The van der Waals surface area contributed by atoms with Crippen LogP contribution < -0.4 is 0 Å². The number of carbonyl (C=O) groups excluding carboxylic acids is 1. The van der Waals surface area contributed by atoms with E-state index in [1.54, 1.807) is 18.2 Å². The fourth-order valence-corrected chi connectivity index (χ4v) is 5.50. The van der Waals surface area contributed by atoms with Crippen LogP contribution in [0, 0.1) is 6.92 Å². The van der Waals surface area contributed by atoms with Crippen molar-refractivity contribution in [2.45, 2.75) is 32.2 Å². The van der Waals surface area contributed by atoms with Gasteiger partial charge in [-0.25, -0.2) is 5.01 Å². The zero-order chi connectivity index (χ0) is 27.0. The summed E-state index contributed by atoms with van der Waals surface area (Å²) in [6.07, 6.45) is -0.123. The predicted octanol–water partition coefficient (Wildman–Crippen LogP) is 7.71. The summed E-state index contributed by atoms with van der Waals surface area (Å²) in [6, 6.07) is 20.0. The van der Waals surface area contributed by atoms with Crippen molar-refractivity contribution in [3.8, 4) is 11.1 Å². The van der Waals surface area contributed by atoms with Crippen LogP contribution in [0.5, 0.6) is 0 Å². The number of carboxylic acids is 1. The first-order chi connectivity index (χ1) is 18.2. The number of amides is 1. The number of halogens is 3. The number of aliphatic carboxylic acids is 1. The molecule has 9 heteroatoms. The number of hydrogen-bond acceptors (Lipinski definition) is 4. The second-order valence-electron chi connectivity index (χ2n) is 9.04. The third-order valence-corrected chi connectivity index (χ3v) is 7.35. The topological polar surface area (TPSA) is 82.9 Å². The van der Waals surface area contributed by atoms with E-state index in [1.807, 2.05) is 55.5 Å². The molecule has 1 N–H and O–H groups in total. The van der Waals surface area contributed by atoms with E-state index in [0.717, 1.165) is 33.3 Å². The van der Waals surface area contributed by atoms with E-state index in [2.05, 4.69) is 0 Å². The number of pyridine rings is 1. The minimum Gasteiger partial charge on any atom is -0.481 e. The molecule has 1 aromatic heterocycles. The molecule has 38 heavy (non-hydrogen) atoms. The summed E-state index contributed by atoms with van der Waals surface area (Å²) >= 11 is 18.9. The molecule has 0 saturated heterocycles. The molecule has 1 amide bonds. The largest absolute Gasteiger partial charge is 0.481 e. The van der Waals surface area contributed by atoms with Crippen molar-refractivity contribution in [1.82, 2.24) is 9.99 Å². The van der Waals surface area contributed by atoms with Gasteiger partial charge in [-0.3, -0.25) is 14.6 Å². The van der Waals surface area contributed by atoms with Crippen LogP contribution in [0.2, 0.25) is 15.1 Å². The van der Waals surface area contributed by atoms with Crippen LogP contribution in [0.4, 0.5) is 0 Å². The van der Waals surface area contributed by atoms with Crippen LogP contribution in [0.15, 0.2) is 71.8 Å². The van der Waals surface area contributed by atoms with Crippen LogP contribution in [-0.4, -0.2) is 32.7 Å². The van der Waals surface area contributed by atoms with Crippen molar-refractivity contribution >= 4 is 63.3 Å². The number of fused-ring (bicyclic) bond motifs is 1. The van der Waals surface area contributed by atoms with Gasteiger partial charge < -0.3 is 5.11 Å². The van der Waals surface area contributed by atoms with E-state index < -0.39 is 17.9 Å². The van der Waals surface area contributed by atoms with E-state index in [9.17, 15) is 9.59 Å². The monoisotopic (exact) mass is 565 g/mol. The summed E-state index contributed by atoms with van der Waals surface area (Å²) in [7, 11) is 0. The third-order valence-electron chi connectivity index (χ3n) is 6.53. The lowest BCUT2D eigenvalue weighted by atomic mass is 9.89. The number of carbonyl (C=O) groups is 2. The number of carboxylic acid groups (broad SMARTS) is 1. The fourth-order valence-electron chi connectivity index (χ4n) is 4.84. The van der Waals surface area contributed by atoms with Gasteiger partial charge in [0.25, 0.3) is 0 Å². The van der Waals surface area contributed by atoms with E-state index in [-0.39, 0.29) is 12.8 Å². The van der Waals surface area contributed by atoms with Gasteiger partial charge in [-0.1, -0.05) is 71.2 Å². The van der Waals surface area contributed by atoms with Crippen LogP contribution in [-0.2, 0) is 9.59 Å². The molecule has 0 fully saturated rings. The molecule has 192 valence electrons. The van der Waals surface area contributed by atoms with E-state index in [4.69, 9.17) is 50.0 Å². The highest BCUT2D eigenvalue weighted by Gasteiger charge is 2.36. The fraction of sp³-hybridized carbons (Fsp3) is 0.172. The van der Waals surface area contributed by atoms with Crippen LogP contribution in [0.25, 0.3) is 22.0 Å². The van der Waals surface area contributed by atoms with Gasteiger partial charge >= 0.3 is 5.97 Å². The molecule has 0 radical (unpaired) electrons. The van der Waals surface area contributed by atoms with Gasteiger partial charge in [0.05, 0.1) is 23.7 Å². The average Bonchev–Trinajstić information content (AvgIpc) is 3.31. The molecule has 4 aromatic rings. The molecule has 0 bridgehead atoms. The number of para-hydroxylation sites is 1. The second-order valence-corrected chi connectivity index (χ2v) is 10.3. The SMILES string of the molecule is Cc1nc2ccccc2c(-c2ccc(Cl)cc2)c1C1=NN(C(=O)CCC(=O)O)[C@H](c2ccc(Cl)cc2Cl)C1. The Morgan fingerprint density at radius 2 is 1.66 bits per heavy atom. The van der Waals surface area contributed by atoms with Crippen LogP contribution >= 0.6 is 34.8 Å². The molecule has 0 unspecified atom stereocenters. The maximum absolute atomic E-state index is 13.2. The lowest BCUT2D eigenvalue weighted by Gasteiger charge is -2.23. The molecule has 1 atom stereocenters. The Bertz CT molecular complexity index is 1600. The molecule has 5 rings (SSSR count). The van der Waals surface area contributed by atoms with Crippen molar-refractivity contribution in [1.29, 1.82) is 0 Å². The molecule has 0 spiro atoms. The highest BCUT2D eigenvalue weighted by molar-refractivity contribution is 6.35. The van der Waals surface area contributed by atoms with Crippen molar-refractivity contribution in [3.05, 3.63) is 98.6 Å². The lowest BCUT2D eigenvalue weighted by molar-refractivity contribution is -0.141. The van der Waals surface area contributed by atoms with Gasteiger partial charge in [0.1, 0.15) is 0 Å². The standard InChI is InChI=1S/C29H22Cl3N3O3/c1-16-28(29(17-6-8-18(30)9-7-17)21-4-2-3-5-23(21)33-16)24-15-25(20-11-10-19(31)14-22(20)32)35(34-24)26(36)12-13-27(37)38/h2-11,14,25H,12-13,15H2,1H3,(H,37,38)/t25-/m0/s1. The van der Waals surface area contributed by atoms with Crippen molar-refractivity contribution < 1.29 is 14.7 Å². The lowest BCUT2D eigenvalue weighted by Crippen LogP contribution is -2.27. The number of hydrogen-bond donors (Lipinski definition) is 1. The quantitative estimate of drug-likeness (QED) is 0.259. The van der Waals surface area contributed by atoms with E-state index >= 15 is 0 Å². The Kier molecular flexibility index (Phi) is 7.39. The van der Waals surface area contributed by atoms with Crippen molar-refractivity contribution in [2.75, 3.05) is 0 Å². The predicted molar refractivity (Wildman–Crippen MR) is 151 cm³/mol. The smallest absolute Gasteiger partial charge is 0.303 e. The molecule has 1 aliphatic rings. The Labute approximate surface area is 234 Å². The second kappa shape index (κ2) is 10.7. The summed E-state index contributed by atoms with van der Waals surface area (Å²) in [5, 5.41) is 17.7. The molecule has 0 saturated carbocycles. The first-order valence-corrected chi connectivity index (χ1v) is 13.1.